The van der Waals surface area contributed by atoms with Gasteiger partial charge in [0.1, 0.15) is 0 Å². The summed E-state index contributed by atoms with van der Waals surface area (Å²) in [6.07, 6.45) is 4.67. The van der Waals surface area contributed by atoms with Crippen LogP contribution < -0.4 is 0 Å². The summed E-state index contributed by atoms with van der Waals surface area (Å²) in [4.78, 5) is 12.8. The lowest BCUT2D eigenvalue weighted by Crippen LogP contribution is -2.01. The molecule has 0 aromatic heterocycles. The van der Waals surface area contributed by atoms with Crippen LogP contribution in [-0.4, -0.2) is 5.78 Å². The molecule has 6 aromatic carbocycles. The van der Waals surface area contributed by atoms with Crippen molar-refractivity contribution in [3.63, 3.8) is 0 Å². The summed E-state index contributed by atoms with van der Waals surface area (Å²) in [5.74, 6) is 0.236. The summed E-state index contributed by atoms with van der Waals surface area (Å²) < 4.78 is 0. The minimum Gasteiger partial charge on any atom is -0.294 e. The zero-order valence-electron chi connectivity index (χ0n) is 14.5. The maximum absolute atomic E-state index is 12.8. The first kappa shape index (κ1) is 13.7. The van der Waals surface area contributed by atoms with Crippen molar-refractivity contribution in [1.29, 1.82) is 0 Å². The molecule has 1 nitrogen and oxygen atoms in total. The van der Waals surface area contributed by atoms with E-state index in [1.165, 1.54) is 48.5 Å². The number of carbonyl (C=O) groups is 1. The van der Waals surface area contributed by atoms with Crippen molar-refractivity contribution in [3.8, 4) is 0 Å². The Bertz CT molecular complexity index is 1600. The first-order valence-corrected chi connectivity index (χ1v) is 9.40. The Balaban J connectivity index is 1.95. The fraction of sp³-hybridized carbons (Fsp3) is 0.0385. The molecule has 0 heterocycles. The molecule has 1 aliphatic carbocycles. The van der Waals surface area contributed by atoms with Crippen molar-refractivity contribution in [1.82, 2.24) is 0 Å². The van der Waals surface area contributed by atoms with Crippen LogP contribution >= 0.6 is 0 Å². The zero-order valence-corrected chi connectivity index (χ0v) is 14.5. The van der Waals surface area contributed by atoms with Gasteiger partial charge in [-0.1, -0.05) is 72.8 Å². The second-order valence-corrected chi connectivity index (χ2v) is 7.57. The summed E-state index contributed by atoms with van der Waals surface area (Å²) >= 11 is 0. The molecule has 0 saturated heterocycles. The Morgan fingerprint density at radius 1 is 0.556 bits per heavy atom. The third-order valence-electron chi connectivity index (χ3n) is 6.33. The molecule has 0 amide bonds. The lowest BCUT2D eigenvalue weighted by atomic mass is 9.94. The largest absolute Gasteiger partial charge is 0.294 e. The molecule has 27 heavy (non-hydrogen) atoms. The second-order valence-electron chi connectivity index (χ2n) is 7.57. The molecule has 0 unspecified atom stereocenters. The SMILES string of the molecule is O=C1CC=Cc2c1c1cccc3c1c2c1cccc2c4ccccc4c3c21. The highest BCUT2D eigenvalue weighted by Gasteiger charge is 2.26. The Kier molecular flexibility index (Phi) is 2.26. The van der Waals surface area contributed by atoms with E-state index < -0.39 is 0 Å². The summed E-state index contributed by atoms with van der Waals surface area (Å²) in [7, 11) is 0. The second kappa shape index (κ2) is 4.44. The molecule has 0 bridgehead atoms. The molecule has 0 spiro atoms. The van der Waals surface area contributed by atoms with Crippen LogP contribution in [0.1, 0.15) is 22.3 Å². The molecule has 0 saturated carbocycles. The van der Waals surface area contributed by atoms with Crippen molar-refractivity contribution in [3.05, 3.63) is 77.9 Å². The van der Waals surface area contributed by atoms with Gasteiger partial charge in [-0.05, 0) is 59.4 Å². The van der Waals surface area contributed by atoms with E-state index in [2.05, 4.69) is 66.7 Å². The van der Waals surface area contributed by atoms with E-state index in [4.69, 9.17) is 0 Å². The van der Waals surface area contributed by atoms with Crippen LogP contribution in [0.25, 0.3) is 59.9 Å². The smallest absolute Gasteiger partial charge is 0.167 e. The number of fused-ring (bicyclic) bond motifs is 8. The van der Waals surface area contributed by atoms with Gasteiger partial charge in [-0.25, -0.2) is 0 Å². The van der Waals surface area contributed by atoms with Crippen molar-refractivity contribution in [2.45, 2.75) is 6.42 Å². The molecule has 1 heteroatoms. The van der Waals surface area contributed by atoms with Gasteiger partial charge in [0.25, 0.3) is 0 Å². The molecule has 7 rings (SSSR count). The molecule has 124 valence electrons. The van der Waals surface area contributed by atoms with Gasteiger partial charge in [-0.2, -0.15) is 0 Å². The van der Waals surface area contributed by atoms with E-state index in [1.54, 1.807) is 0 Å². The van der Waals surface area contributed by atoms with Crippen LogP contribution in [0.2, 0.25) is 0 Å². The molecule has 0 fully saturated rings. The van der Waals surface area contributed by atoms with Crippen LogP contribution in [0, 0.1) is 0 Å². The van der Waals surface area contributed by atoms with E-state index in [9.17, 15) is 4.79 Å². The van der Waals surface area contributed by atoms with Crippen LogP contribution in [0.5, 0.6) is 0 Å². The number of hydrogen-bond donors (Lipinski definition) is 0. The number of Topliss-reactive ketones (excluding diaryl/α,β-unsaturated/α-hetero) is 1. The quantitative estimate of drug-likeness (QED) is 0.274. The molecule has 1 aliphatic rings. The highest BCUT2D eigenvalue weighted by atomic mass is 16.1. The normalized spacial score (nSPS) is 14.4. The zero-order chi connectivity index (χ0) is 17.7. The van der Waals surface area contributed by atoms with Crippen molar-refractivity contribution < 1.29 is 4.79 Å². The van der Waals surface area contributed by atoms with Crippen LogP contribution in [0.4, 0.5) is 0 Å². The lowest BCUT2D eigenvalue weighted by molar-refractivity contribution is 0.0996. The van der Waals surface area contributed by atoms with Gasteiger partial charge in [0.05, 0.1) is 0 Å². The van der Waals surface area contributed by atoms with Crippen LogP contribution in [0.3, 0.4) is 0 Å². The average Bonchev–Trinajstić information content (AvgIpc) is 3.22. The van der Waals surface area contributed by atoms with Gasteiger partial charge >= 0.3 is 0 Å². The Labute approximate surface area is 155 Å². The van der Waals surface area contributed by atoms with E-state index in [-0.39, 0.29) is 5.78 Å². The van der Waals surface area contributed by atoms with Crippen molar-refractivity contribution in [2.75, 3.05) is 0 Å². The summed E-state index contributed by atoms with van der Waals surface area (Å²) in [5, 5.41) is 12.7. The first-order chi connectivity index (χ1) is 13.3. The number of rotatable bonds is 0. The Morgan fingerprint density at radius 3 is 1.89 bits per heavy atom. The molecular formula is C26H14O. The fourth-order valence-electron chi connectivity index (χ4n) is 5.38. The number of allylic oxidation sites excluding steroid dienone is 1. The van der Waals surface area contributed by atoms with Crippen LogP contribution in [0.15, 0.2) is 66.7 Å². The van der Waals surface area contributed by atoms with Gasteiger partial charge < -0.3 is 0 Å². The van der Waals surface area contributed by atoms with Gasteiger partial charge in [0.2, 0.25) is 0 Å². The number of benzene rings is 4. The van der Waals surface area contributed by atoms with Gasteiger partial charge in [-0.3, -0.25) is 4.79 Å². The highest BCUT2D eigenvalue weighted by Crippen LogP contribution is 2.49. The van der Waals surface area contributed by atoms with E-state index in [0.29, 0.717) is 6.42 Å². The first-order valence-electron chi connectivity index (χ1n) is 9.40. The van der Waals surface area contributed by atoms with Gasteiger partial charge in [0, 0.05) is 12.0 Å². The summed E-state index contributed by atoms with van der Waals surface area (Å²) in [6.45, 7) is 0. The maximum atomic E-state index is 12.8. The van der Waals surface area contributed by atoms with Crippen molar-refractivity contribution >= 4 is 65.7 Å². The molecule has 0 aliphatic heterocycles. The topological polar surface area (TPSA) is 17.1 Å². The monoisotopic (exact) mass is 342 g/mol. The fourth-order valence-corrected chi connectivity index (χ4v) is 5.38. The van der Waals surface area contributed by atoms with Gasteiger partial charge in [-0.15, -0.1) is 0 Å². The standard InChI is InChI=1S/C26H14O/c27-21-13-5-12-18-22(21)17-9-4-11-20-23-15-7-2-1-6-14(15)16-8-3-10-19(24(16)23)26(18)25(17)20/h1-12H,13H2. The van der Waals surface area contributed by atoms with Crippen LogP contribution in [-0.2, 0) is 0 Å². The Hall–Kier alpha value is -3.45. The summed E-state index contributed by atoms with van der Waals surface area (Å²) in [5.41, 5.74) is 2.02. The average molecular weight is 342 g/mol. The molecule has 0 radical (unpaired) electrons. The summed E-state index contributed by atoms with van der Waals surface area (Å²) in [6, 6.07) is 21.7. The predicted molar refractivity (Wildman–Crippen MR) is 114 cm³/mol. The Morgan fingerprint density at radius 2 is 1.11 bits per heavy atom. The molecule has 0 atom stereocenters. The number of ketones is 1. The van der Waals surface area contributed by atoms with E-state index in [0.717, 1.165) is 16.5 Å². The molecule has 6 aromatic rings. The van der Waals surface area contributed by atoms with Gasteiger partial charge in [0.15, 0.2) is 5.78 Å². The minimum atomic E-state index is 0.236. The van der Waals surface area contributed by atoms with E-state index in [1.807, 2.05) is 6.08 Å². The predicted octanol–water partition coefficient (Wildman–Crippen LogP) is 6.93. The van der Waals surface area contributed by atoms with Crippen molar-refractivity contribution in [2.24, 2.45) is 0 Å². The number of carbonyl (C=O) groups excluding carboxylic acids is 1. The lowest BCUT2D eigenvalue weighted by Gasteiger charge is -2.08. The third-order valence-corrected chi connectivity index (χ3v) is 6.33. The molecular weight excluding hydrogens is 328 g/mol. The highest BCUT2D eigenvalue weighted by molar-refractivity contribution is 6.45. The minimum absolute atomic E-state index is 0.236. The number of hydrogen-bond acceptors (Lipinski definition) is 1. The van der Waals surface area contributed by atoms with E-state index >= 15 is 0 Å². The third kappa shape index (κ3) is 1.43. The maximum Gasteiger partial charge on any atom is 0.167 e. The molecule has 0 N–H and O–H groups in total.